The molecule has 1 N–H and O–H groups in total. The predicted octanol–water partition coefficient (Wildman–Crippen LogP) is 5.81. The van der Waals surface area contributed by atoms with Crippen LogP contribution in [0.5, 0.6) is 0 Å². The van der Waals surface area contributed by atoms with Gasteiger partial charge < -0.3 is 9.84 Å². The van der Waals surface area contributed by atoms with Gasteiger partial charge in [-0.15, -0.1) is 0 Å². The van der Waals surface area contributed by atoms with E-state index in [0.29, 0.717) is 0 Å². The van der Waals surface area contributed by atoms with E-state index in [1.165, 1.54) is 57.8 Å². The van der Waals surface area contributed by atoms with E-state index in [1.807, 2.05) is 0 Å². The summed E-state index contributed by atoms with van der Waals surface area (Å²) < 4.78 is 5.15. The lowest BCUT2D eigenvalue weighted by molar-refractivity contribution is 0.0415. The van der Waals surface area contributed by atoms with E-state index in [2.05, 4.69) is 31.2 Å². The molecule has 2 heteroatoms. The standard InChI is InChI=1S/C20H38O2/c1-3-4-5-6-7-8-9-10-11-12-13-14-15-16-17-18-20(19-21)22-2/h7-8,10-11,20-21H,3-6,9,12-19H2,1-2H3. The van der Waals surface area contributed by atoms with Crippen LogP contribution in [0.25, 0.3) is 0 Å². The number of methoxy groups -OCH3 is 1. The highest BCUT2D eigenvalue weighted by atomic mass is 16.5. The van der Waals surface area contributed by atoms with E-state index < -0.39 is 0 Å². The highest BCUT2D eigenvalue weighted by Crippen LogP contribution is 2.10. The minimum Gasteiger partial charge on any atom is -0.394 e. The average molecular weight is 311 g/mol. The highest BCUT2D eigenvalue weighted by Gasteiger charge is 2.03. The largest absolute Gasteiger partial charge is 0.394 e. The molecule has 22 heavy (non-hydrogen) atoms. The summed E-state index contributed by atoms with van der Waals surface area (Å²) in [5.74, 6) is 0. The number of unbranched alkanes of at least 4 members (excludes halogenated alkanes) is 8. The molecular weight excluding hydrogens is 272 g/mol. The fourth-order valence-electron chi connectivity index (χ4n) is 2.47. The van der Waals surface area contributed by atoms with Gasteiger partial charge in [-0.2, -0.15) is 0 Å². The molecule has 0 bridgehead atoms. The first-order chi connectivity index (χ1) is 10.8. The minimum absolute atomic E-state index is 0.0398. The Hall–Kier alpha value is -0.600. The molecular formula is C20H38O2. The molecule has 0 aliphatic rings. The van der Waals surface area contributed by atoms with Crippen LogP contribution in [-0.4, -0.2) is 24.9 Å². The molecule has 2 nitrogen and oxygen atoms in total. The average Bonchev–Trinajstić information content (AvgIpc) is 2.55. The van der Waals surface area contributed by atoms with E-state index in [-0.39, 0.29) is 12.7 Å². The fourth-order valence-corrected chi connectivity index (χ4v) is 2.47. The molecule has 0 saturated carbocycles. The summed E-state index contributed by atoms with van der Waals surface area (Å²) in [6, 6.07) is 0. The molecule has 1 atom stereocenters. The number of allylic oxidation sites excluding steroid dienone is 4. The van der Waals surface area contributed by atoms with Crippen molar-refractivity contribution in [1.29, 1.82) is 0 Å². The smallest absolute Gasteiger partial charge is 0.0802 e. The van der Waals surface area contributed by atoms with Gasteiger partial charge in [0.2, 0.25) is 0 Å². The van der Waals surface area contributed by atoms with Crippen LogP contribution in [0, 0.1) is 0 Å². The van der Waals surface area contributed by atoms with Crippen LogP contribution in [-0.2, 0) is 4.74 Å². The maximum Gasteiger partial charge on any atom is 0.0802 e. The molecule has 0 aromatic rings. The maximum absolute atomic E-state index is 9.00. The van der Waals surface area contributed by atoms with Crippen molar-refractivity contribution in [2.24, 2.45) is 0 Å². The maximum atomic E-state index is 9.00. The first-order valence-electron chi connectivity index (χ1n) is 9.28. The van der Waals surface area contributed by atoms with Crippen molar-refractivity contribution in [3.05, 3.63) is 24.3 Å². The number of ether oxygens (including phenoxy) is 1. The van der Waals surface area contributed by atoms with Crippen molar-refractivity contribution < 1.29 is 9.84 Å². The molecule has 0 spiro atoms. The molecule has 0 amide bonds. The third-order valence-electron chi connectivity index (χ3n) is 4.01. The Morgan fingerprint density at radius 3 is 2.00 bits per heavy atom. The monoisotopic (exact) mass is 310 g/mol. The Morgan fingerprint density at radius 1 is 0.818 bits per heavy atom. The first kappa shape index (κ1) is 21.4. The van der Waals surface area contributed by atoms with Crippen LogP contribution in [0.15, 0.2) is 24.3 Å². The SMILES string of the molecule is CCCCCC=CCC=CCCCCCCCC(CO)OC. The normalized spacial score (nSPS) is 13.4. The van der Waals surface area contributed by atoms with Gasteiger partial charge in [-0.25, -0.2) is 0 Å². The van der Waals surface area contributed by atoms with Crippen LogP contribution < -0.4 is 0 Å². The zero-order valence-corrected chi connectivity index (χ0v) is 14.9. The van der Waals surface area contributed by atoms with Crippen molar-refractivity contribution >= 4 is 0 Å². The number of aliphatic hydroxyl groups excluding tert-OH is 1. The summed E-state index contributed by atoms with van der Waals surface area (Å²) in [6.45, 7) is 2.40. The van der Waals surface area contributed by atoms with Gasteiger partial charge in [0.05, 0.1) is 12.7 Å². The van der Waals surface area contributed by atoms with E-state index in [9.17, 15) is 0 Å². The summed E-state index contributed by atoms with van der Waals surface area (Å²) in [5.41, 5.74) is 0. The van der Waals surface area contributed by atoms with Gasteiger partial charge in [0.1, 0.15) is 0 Å². The second-order valence-electron chi connectivity index (χ2n) is 6.06. The molecule has 0 aliphatic carbocycles. The molecule has 0 fully saturated rings. The molecule has 0 heterocycles. The van der Waals surface area contributed by atoms with Gasteiger partial charge in [-0.1, -0.05) is 69.8 Å². The lowest BCUT2D eigenvalue weighted by atomic mass is 10.1. The Morgan fingerprint density at radius 2 is 1.41 bits per heavy atom. The third-order valence-corrected chi connectivity index (χ3v) is 4.01. The topological polar surface area (TPSA) is 29.5 Å². The fraction of sp³-hybridized carbons (Fsp3) is 0.800. The second kappa shape index (κ2) is 18.4. The Balaban J connectivity index is 3.23. The minimum atomic E-state index is 0.0398. The molecule has 0 aromatic carbocycles. The summed E-state index contributed by atoms with van der Waals surface area (Å²) >= 11 is 0. The Bertz CT molecular complexity index is 254. The van der Waals surface area contributed by atoms with Crippen LogP contribution in [0.4, 0.5) is 0 Å². The molecule has 0 saturated heterocycles. The first-order valence-corrected chi connectivity index (χ1v) is 9.28. The van der Waals surface area contributed by atoms with Crippen molar-refractivity contribution in [2.45, 2.75) is 90.1 Å². The van der Waals surface area contributed by atoms with Crippen LogP contribution in [0.3, 0.4) is 0 Å². The van der Waals surface area contributed by atoms with Crippen molar-refractivity contribution in [3.8, 4) is 0 Å². The summed E-state index contributed by atoms with van der Waals surface area (Å²) in [7, 11) is 1.67. The van der Waals surface area contributed by atoms with Gasteiger partial charge in [0, 0.05) is 7.11 Å². The van der Waals surface area contributed by atoms with Gasteiger partial charge >= 0.3 is 0 Å². The van der Waals surface area contributed by atoms with Crippen LogP contribution >= 0.6 is 0 Å². The lowest BCUT2D eigenvalue weighted by Crippen LogP contribution is -2.14. The van der Waals surface area contributed by atoms with Gasteiger partial charge in [-0.05, 0) is 38.5 Å². The molecule has 130 valence electrons. The number of hydrogen-bond acceptors (Lipinski definition) is 2. The quantitative estimate of drug-likeness (QED) is 0.288. The molecule has 0 radical (unpaired) electrons. The van der Waals surface area contributed by atoms with Crippen LogP contribution in [0.2, 0.25) is 0 Å². The molecule has 0 rings (SSSR count). The van der Waals surface area contributed by atoms with E-state index >= 15 is 0 Å². The number of hydrogen-bond donors (Lipinski definition) is 1. The van der Waals surface area contributed by atoms with Crippen LogP contribution in [0.1, 0.15) is 84.0 Å². The summed E-state index contributed by atoms with van der Waals surface area (Å²) in [6.07, 6.45) is 24.1. The van der Waals surface area contributed by atoms with Gasteiger partial charge in [0.15, 0.2) is 0 Å². The molecule has 0 aromatic heterocycles. The lowest BCUT2D eigenvalue weighted by Gasteiger charge is -2.11. The molecule has 0 aliphatic heterocycles. The zero-order chi connectivity index (χ0) is 16.3. The number of aliphatic hydroxyl groups is 1. The zero-order valence-electron chi connectivity index (χ0n) is 14.9. The van der Waals surface area contributed by atoms with E-state index in [0.717, 1.165) is 19.3 Å². The highest BCUT2D eigenvalue weighted by molar-refractivity contribution is 4.92. The van der Waals surface area contributed by atoms with Gasteiger partial charge in [0.25, 0.3) is 0 Å². The van der Waals surface area contributed by atoms with Gasteiger partial charge in [-0.3, -0.25) is 0 Å². The Labute approximate surface area is 138 Å². The van der Waals surface area contributed by atoms with Crippen molar-refractivity contribution in [2.75, 3.05) is 13.7 Å². The van der Waals surface area contributed by atoms with E-state index in [1.54, 1.807) is 7.11 Å². The predicted molar refractivity (Wildman–Crippen MR) is 97.2 cm³/mol. The molecule has 1 unspecified atom stereocenters. The summed E-state index contributed by atoms with van der Waals surface area (Å²) in [5, 5.41) is 9.00. The van der Waals surface area contributed by atoms with Crippen molar-refractivity contribution in [3.63, 3.8) is 0 Å². The second-order valence-corrected chi connectivity index (χ2v) is 6.06. The van der Waals surface area contributed by atoms with E-state index in [4.69, 9.17) is 9.84 Å². The van der Waals surface area contributed by atoms with Crippen molar-refractivity contribution in [1.82, 2.24) is 0 Å². The Kier molecular flexibility index (Phi) is 17.9. The number of rotatable bonds is 16. The third kappa shape index (κ3) is 15.8. The summed E-state index contributed by atoms with van der Waals surface area (Å²) in [4.78, 5) is 0.